The highest BCUT2D eigenvalue weighted by Crippen LogP contribution is 2.05. The molecule has 0 bridgehead atoms. The van der Waals surface area contributed by atoms with Gasteiger partial charge in [-0.05, 0) is 36.7 Å². The molecule has 0 rings (SSSR count). The topological polar surface area (TPSA) is 20.2 Å². The number of hydrogen-bond donors (Lipinski definition) is 5. The van der Waals surface area contributed by atoms with E-state index in [-0.39, 0.29) is 6.10 Å². The van der Waals surface area contributed by atoms with Crippen LogP contribution < -0.4 is 0 Å². The third-order valence-electron chi connectivity index (χ3n) is 2.04. The minimum Gasteiger partial charge on any atom is -0.393 e. The molecule has 0 spiro atoms. The average molecular weight is 363 g/mol. The van der Waals surface area contributed by atoms with Gasteiger partial charge in [-0.1, -0.05) is 41.5 Å². The first-order valence-electron chi connectivity index (χ1n) is 7.36. The van der Waals surface area contributed by atoms with Crippen molar-refractivity contribution in [2.45, 2.75) is 77.9 Å². The lowest BCUT2D eigenvalue weighted by molar-refractivity contribution is 0.221. The molecule has 0 aromatic rings. The summed E-state index contributed by atoms with van der Waals surface area (Å²) in [5.74, 6) is 2.29. The van der Waals surface area contributed by atoms with Gasteiger partial charge in [-0.2, -0.15) is 50.5 Å². The van der Waals surface area contributed by atoms with E-state index in [4.69, 9.17) is 5.11 Å². The predicted molar refractivity (Wildman–Crippen MR) is 112 cm³/mol. The van der Waals surface area contributed by atoms with Crippen molar-refractivity contribution in [2.75, 3.05) is 11.5 Å². The number of rotatable bonds is 4. The normalized spacial score (nSPS) is 13.7. The SMILES string of the molecule is CC(C)C(C)S.CC(O)CS.CCC(C)S.CCCS. The molecule has 0 aromatic heterocycles. The van der Waals surface area contributed by atoms with E-state index in [0.717, 1.165) is 5.75 Å². The van der Waals surface area contributed by atoms with Crippen LogP contribution in [0.25, 0.3) is 0 Å². The highest BCUT2D eigenvalue weighted by atomic mass is 32.1. The van der Waals surface area contributed by atoms with E-state index in [1.165, 1.54) is 12.8 Å². The molecule has 0 heterocycles. The highest BCUT2D eigenvalue weighted by molar-refractivity contribution is 7.81. The summed E-state index contributed by atoms with van der Waals surface area (Å²) in [6.07, 6.45) is 2.10. The fraction of sp³-hybridized carbons (Fsp3) is 1.00. The summed E-state index contributed by atoms with van der Waals surface area (Å²) in [6, 6.07) is 0. The first-order valence-corrected chi connectivity index (χ1v) is 9.66. The molecule has 20 heavy (non-hydrogen) atoms. The second kappa shape index (κ2) is 25.3. The van der Waals surface area contributed by atoms with Crippen molar-refractivity contribution in [2.24, 2.45) is 5.92 Å². The Kier molecular flexibility index (Phi) is 37.2. The molecule has 3 atom stereocenters. The monoisotopic (exact) mass is 362 g/mol. The van der Waals surface area contributed by atoms with E-state index < -0.39 is 0 Å². The molecule has 0 aliphatic rings. The molecule has 0 aliphatic heterocycles. The molecule has 0 amide bonds. The third kappa shape index (κ3) is 60.8. The van der Waals surface area contributed by atoms with Gasteiger partial charge in [0.2, 0.25) is 0 Å². The van der Waals surface area contributed by atoms with E-state index >= 15 is 0 Å². The maximum atomic E-state index is 8.28. The van der Waals surface area contributed by atoms with E-state index in [1.807, 2.05) is 0 Å². The first kappa shape index (κ1) is 29.4. The quantitative estimate of drug-likeness (QED) is 0.430. The van der Waals surface area contributed by atoms with Crippen molar-refractivity contribution in [1.82, 2.24) is 0 Å². The van der Waals surface area contributed by atoms with Crippen LogP contribution in [0.4, 0.5) is 0 Å². The summed E-state index contributed by atoms with van der Waals surface area (Å²) < 4.78 is 0. The van der Waals surface area contributed by atoms with E-state index in [9.17, 15) is 0 Å². The van der Waals surface area contributed by atoms with E-state index in [0.29, 0.717) is 22.2 Å². The van der Waals surface area contributed by atoms with Crippen LogP contribution >= 0.6 is 50.5 Å². The van der Waals surface area contributed by atoms with Gasteiger partial charge in [0.15, 0.2) is 0 Å². The maximum absolute atomic E-state index is 8.28. The number of thiol groups is 4. The summed E-state index contributed by atoms with van der Waals surface area (Å²) >= 11 is 16.0. The molecule has 0 saturated carbocycles. The minimum atomic E-state index is -0.252. The molecule has 128 valence electrons. The Morgan fingerprint density at radius 1 is 0.900 bits per heavy atom. The summed E-state index contributed by atoms with van der Waals surface area (Å²) in [7, 11) is 0. The fourth-order valence-corrected chi connectivity index (χ4v) is 0. The van der Waals surface area contributed by atoms with Crippen LogP contribution in [0.2, 0.25) is 0 Å². The van der Waals surface area contributed by atoms with Gasteiger partial charge in [-0.25, -0.2) is 0 Å². The van der Waals surface area contributed by atoms with Crippen molar-refractivity contribution < 1.29 is 5.11 Å². The van der Waals surface area contributed by atoms with Gasteiger partial charge in [-0.3, -0.25) is 0 Å². The van der Waals surface area contributed by atoms with Crippen molar-refractivity contribution in [3.63, 3.8) is 0 Å². The van der Waals surface area contributed by atoms with Gasteiger partial charge in [0.25, 0.3) is 0 Å². The molecule has 0 radical (unpaired) electrons. The standard InChI is InChI=1S/C5H12S.C4H10S.C3H8OS.C3H8S/c1-4(2)5(3)6;1-3-4(2)5;1-3(4)2-5;1-2-3-4/h4-6H,1-3H3;4-5H,3H2,1-2H3;3-5H,2H2,1H3;4H,2-3H2,1H3. The smallest absolute Gasteiger partial charge is 0.0599 e. The van der Waals surface area contributed by atoms with Crippen molar-refractivity contribution in [3.05, 3.63) is 0 Å². The Morgan fingerprint density at radius 3 is 1.10 bits per heavy atom. The van der Waals surface area contributed by atoms with Crippen LogP contribution in [0.1, 0.15) is 61.3 Å². The Balaban J connectivity index is -0.0000000862. The number of hydrogen-bond acceptors (Lipinski definition) is 5. The molecule has 1 nitrogen and oxygen atoms in total. The third-order valence-corrected chi connectivity index (χ3v) is 3.98. The Morgan fingerprint density at radius 2 is 1.10 bits per heavy atom. The highest BCUT2D eigenvalue weighted by Gasteiger charge is 1.96. The zero-order chi connectivity index (χ0) is 17.1. The lowest BCUT2D eigenvalue weighted by atomic mass is 10.2. The molecule has 5 heteroatoms. The van der Waals surface area contributed by atoms with Gasteiger partial charge >= 0.3 is 0 Å². The van der Waals surface area contributed by atoms with E-state index in [1.54, 1.807) is 6.92 Å². The Hall–Kier alpha value is 1.36. The molecule has 1 N–H and O–H groups in total. The van der Waals surface area contributed by atoms with Crippen LogP contribution in [-0.4, -0.2) is 33.2 Å². The summed E-state index contributed by atoms with van der Waals surface area (Å²) in [6.45, 7) is 14.4. The van der Waals surface area contributed by atoms with Gasteiger partial charge in [0.05, 0.1) is 6.10 Å². The van der Waals surface area contributed by atoms with Crippen LogP contribution in [0, 0.1) is 5.92 Å². The van der Waals surface area contributed by atoms with Gasteiger partial charge in [0, 0.05) is 11.0 Å². The maximum Gasteiger partial charge on any atom is 0.0599 e. The van der Waals surface area contributed by atoms with Gasteiger partial charge < -0.3 is 5.11 Å². The van der Waals surface area contributed by atoms with Crippen molar-refractivity contribution >= 4 is 50.5 Å². The molecule has 0 saturated heterocycles. The van der Waals surface area contributed by atoms with Gasteiger partial charge in [-0.15, -0.1) is 0 Å². The second-order valence-electron chi connectivity index (χ2n) is 5.00. The van der Waals surface area contributed by atoms with Crippen molar-refractivity contribution in [3.8, 4) is 0 Å². The van der Waals surface area contributed by atoms with Crippen LogP contribution in [0.15, 0.2) is 0 Å². The Labute approximate surface area is 150 Å². The summed E-state index contributed by atoms with van der Waals surface area (Å²) in [5.41, 5.74) is 0. The summed E-state index contributed by atoms with van der Waals surface area (Å²) in [5, 5.41) is 9.41. The summed E-state index contributed by atoms with van der Waals surface area (Å²) in [4.78, 5) is 0. The second-order valence-corrected chi connectivity index (χ2v) is 7.51. The molecule has 0 fully saturated rings. The largest absolute Gasteiger partial charge is 0.393 e. The Bertz CT molecular complexity index is 124. The molecule has 3 unspecified atom stereocenters. The zero-order valence-corrected chi connectivity index (χ0v) is 18.0. The van der Waals surface area contributed by atoms with Crippen LogP contribution in [0.3, 0.4) is 0 Å². The van der Waals surface area contributed by atoms with Crippen LogP contribution in [-0.2, 0) is 0 Å². The molecular weight excluding hydrogens is 324 g/mol. The number of aliphatic hydroxyl groups excluding tert-OH is 1. The lowest BCUT2D eigenvalue weighted by Gasteiger charge is -2.04. The van der Waals surface area contributed by atoms with Crippen LogP contribution in [0.5, 0.6) is 0 Å². The predicted octanol–water partition coefficient (Wildman–Crippen LogP) is 5.30. The van der Waals surface area contributed by atoms with Crippen molar-refractivity contribution in [1.29, 1.82) is 0 Å². The first-order chi connectivity index (χ1) is 9.10. The molecule has 0 aromatic carbocycles. The number of aliphatic hydroxyl groups is 1. The minimum absolute atomic E-state index is 0.252. The average Bonchev–Trinajstić information content (AvgIpc) is 2.40. The fourth-order valence-electron chi connectivity index (χ4n) is 0. The molecule has 0 aliphatic carbocycles. The zero-order valence-electron chi connectivity index (χ0n) is 14.4. The lowest BCUT2D eigenvalue weighted by Crippen LogP contribution is -1.99. The molecular formula is C15H38OS4. The van der Waals surface area contributed by atoms with E-state index in [2.05, 4.69) is 92.1 Å². The van der Waals surface area contributed by atoms with Gasteiger partial charge in [0.1, 0.15) is 0 Å².